The zero-order valence-corrected chi connectivity index (χ0v) is 9.72. The maximum atomic E-state index is 10.7. The van der Waals surface area contributed by atoms with Gasteiger partial charge in [0.25, 0.3) is 0 Å². The Labute approximate surface area is 89.7 Å². The smallest absolute Gasteiger partial charge is 0.304 e. The SMILES string of the molecule is CCc1nc(C(C)(C)CC(=O)O)[nH]c1C. The van der Waals surface area contributed by atoms with Crippen LogP contribution >= 0.6 is 0 Å². The molecule has 0 amide bonds. The van der Waals surface area contributed by atoms with Gasteiger partial charge >= 0.3 is 5.97 Å². The lowest BCUT2D eigenvalue weighted by Crippen LogP contribution is -2.23. The minimum absolute atomic E-state index is 0.0864. The van der Waals surface area contributed by atoms with Gasteiger partial charge in [0.05, 0.1) is 12.1 Å². The van der Waals surface area contributed by atoms with Gasteiger partial charge in [0.2, 0.25) is 0 Å². The fourth-order valence-electron chi connectivity index (χ4n) is 1.62. The van der Waals surface area contributed by atoms with E-state index in [0.717, 1.165) is 23.6 Å². The maximum absolute atomic E-state index is 10.7. The Balaban J connectivity index is 2.99. The molecule has 15 heavy (non-hydrogen) atoms. The van der Waals surface area contributed by atoms with E-state index in [9.17, 15) is 4.79 Å². The predicted octanol–water partition coefficient (Wildman–Crippen LogP) is 2.03. The van der Waals surface area contributed by atoms with Crippen molar-refractivity contribution < 1.29 is 9.90 Å². The van der Waals surface area contributed by atoms with Crippen molar-refractivity contribution in [2.45, 2.75) is 46.0 Å². The molecule has 4 heteroatoms. The van der Waals surface area contributed by atoms with Crippen LogP contribution in [-0.2, 0) is 16.6 Å². The average Bonchev–Trinajstić information content (AvgIpc) is 2.45. The molecule has 0 radical (unpaired) electrons. The summed E-state index contributed by atoms with van der Waals surface area (Å²) in [5.74, 6) is -0.0358. The average molecular weight is 210 g/mol. The van der Waals surface area contributed by atoms with Gasteiger partial charge in [-0.2, -0.15) is 0 Å². The molecular weight excluding hydrogens is 192 g/mol. The van der Waals surface area contributed by atoms with Crippen LogP contribution in [0, 0.1) is 6.92 Å². The summed E-state index contributed by atoms with van der Waals surface area (Å²) in [7, 11) is 0. The summed E-state index contributed by atoms with van der Waals surface area (Å²) >= 11 is 0. The second-order valence-corrected chi connectivity index (χ2v) is 4.47. The summed E-state index contributed by atoms with van der Waals surface area (Å²) in [5.41, 5.74) is 1.61. The third-order valence-electron chi connectivity index (χ3n) is 2.55. The lowest BCUT2D eigenvalue weighted by atomic mass is 9.88. The molecule has 0 fully saturated rings. The van der Waals surface area contributed by atoms with Crippen molar-refractivity contribution in [1.82, 2.24) is 9.97 Å². The summed E-state index contributed by atoms with van der Waals surface area (Å²) in [6.45, 7) is 7.78. The van der Waals surface area contributed by atoms with Crippen LogP contribution in [0.1, 0.15) is 44.4 Å². The van der Waals surface area contributed by atoms with Crippen molar-refractivity contribution in [3.05, 3.63) is 17.2 Å². The maximum Gasteiger partial charge on any atom is 0.304 e. The van der Waals surface area contributed by atoms with Gasteiger partial charge in [0.1, 0.15) is 5.82 Å². The second-order valence-electron chi connectivity index (χ2n) is 4.47. The Morgan fingerprint density at radius 3 is 2.53 bits per heavy atom. The topological polar surface area (TPSA) is 66.0 Å². The molecule has 0 saturated heterocycles. The van der Waals surface area contributed by atoms with Gasteiger partial charge in [0, 0.05) is 11.1 Å². The van der Waals surface area contributed by atoms with Crippen molar-refractivity contribution >= 4 is 5.97 Å². The van der Waals surface area contributed by atoms with E-state index in [2.05, 4.69) is 9.97 Å². The zero-order chi connectivity index (χ0) is 11.6. The van der Waals surface area contributed by atoms with E-state index in [-0.39, 0.29) is 6.42 Å². The number of carbonyl (C=O) groups is 1. The molecule has 1 rings (SSSR count). The molecular formula is C11H18N2O2. The van der Waals surface area contributed by atoms with Crippen LogP contribution in [0.2, 0.25) is 0 Å². The molecule has 0 spiro atoms. The molecule has 1 heterocycles. The number of imidazole rings is 1. The molecule has 1 aromatic heterocycles. The lowest BCUT2D eigenvalue weighted by Gasteiger charge is -2.19. The Morgan fingerprint density at radius 1 is 1.53 bits per heavy atom. The number of aliphatic carboxylic acids is 1. The van der Waals surface area contributed by atoms with Crippen molar-refractivity contribution in [2.24, 2.45) is 0 Å². The minimum atomic E-state index is -0.799. The van der Waals surface area contributed by atoms with Gasteiger partial charge in [0.15, 0.2) is 0 Å². The zero-order valence-electron chi connectivity index (χ0n) is 9.72. The number of aromatic nitrogens is 2. The largest absolute Gasteiger partial charge is 0.481 e. The third-order valence-corrected chi connectivity index (χ3v) is 2.55. The Morgan fingerprint density at radius 2 is 2.13 bits per heavy atom. The quantitative estimate of drug-likeness (QED) is 0.799. The van der Waals surface area contributed by atoms with Crippen LogP contribution < -0.4 is 0 Å². The van der Waals surface area contributed by atoms with E-state index in [1.807, 2.05) is 27.7 Å². The van der Waals surface area contributed by atoms with Crippen molar-refractivity contribution in [2.75, 3.05) is 0 Å². The molecule has 1 aromatic rings. The number of hydrogen-bond donors (Lipinski definition) is 2. The van der Waals surface area contributed by atoms with Crippen LogP contribution in [0.5, 0.6) is 0 Å². The Hall–Kier alpha value is -1.32. The van der Waals surface area contributed by atoms with E-state index in [1.54, 1.807) is 0 Å². The second kappa shape index (κ2) is 4.04. The molecule has 0 saturated carbocycles. The van der Waals surface area contributed by atoms with Crippen LogP contribution in [0.4, 0.5) is 0 Å². The number of H-pyrrole nitrogens is 1. The van der Waals surface area contributed by atoms with E-state index < -0.39 is 11.4 Å². The van der Waals surface area contributed by atoms with Crippen LogP contribution in [-0.4, -0.2) is 21.0 Å². The number of hydrogen-bond acceptors (Lipinski definition) is 2. The molecule has 0 aliphatic rings. The molecule has 84 valence electrons. The van der Waals surface area contributed by atoms with Crippen LogP contribution in [0.25, 0.3) is 0 Å². The summed E-state index contributed by atoms with van der Waals surface area (Å²) in [5, 5.41) is 8.80. The van der Waals surface area contributed by atoms with E-state index >= 15 is 0 Å². The number of nitrogens with one attached hydrogen (secondary N) is 1. The van der Waals surface area contributed by atoms with Gasteiger partial charge in [-0.15, -0.1) is 0 Å². The fourth-order valence-corrected chi connectivity index (χ4v) is 1.62. The highest BCUT2D eigenvalue weighted by Gasteiger charge is 2.27. The first-order chi connectivity index (χ1) is 6.86. The van der Waals surface area contributed by atoms with E-state index in [4.69, 9.17) is 5.11 Å². The van der Waals surface area contributed by atoms with Crippen LogP contribution in [0.3, 0.4) is 0 Å². The normalized spacial score (nSPS) is 11.7. The standard InChI is InChI=1S/C11H18N2O2/c1-5-8-7(2)12-10(13-8)11(3,4)6-9(14)15/h5-6H2,1-4H3,(H,12,13)(H,14,15). The third kappa shape index (κ3) is 2.58. The first-order valence-corrected chi connectivity index (χ1v) is 5.14. The highest BCUT2D eigenvalue weighted by molar-refractivity contribution is 5.68. The highest BCUT2D eigenvalue weighted by Crippen LogP contribution is 2.25. The summed E-state index contributed by atoms with van der Waals surface area (Å²) in [4.78, 5) is 18.3. The Kier molecular flexibility index (Phi) is 3.17. The van der Waals surface area contributed by atoms with Crippen molar-refractivity contribution in [1.29, 1.82) is 0 Å². The number of carboxylic acids is 1. The van der Waals surface area contributed by atoms with E-state index in [0.29, 0.717) is 0 Å². The molecule has 2 N–H and O–H groups in total. The molecule has 0 unspecified atom stereocenters. The summed E-state index contributed by atoms with van der Waals surface area (Å²) < 4.78 is 0. The van der Waals surface area contributed by atoms with Crippen molar-refractivity contribution in [3.8, 4) is 0 Å². The number of aryl methyl sites for hydroxylation is 2. The monoisotopic (exact) mass is 210 g/mol. The van der Waals surface area contributed by atoms with Crippen LogP contribution in [0.15, 0.2) is 0 Å². The number of nitrogens with zero attached hydrogens (tertiary/aromatic N) is 1. The molecule has 0 atom stereocenters. The first-order valence-electron chi connectivity index (χ1n) is 5.14. The first kappa shape index (κ1) is 11.8. The number of rotatable bonds is 4. The lowest BCUT2D eigenvalue weighted by molar-refractivity contribution is -0.138. The van der Waals surface area contributed by atoms with E-state index in [1.165, 1.54) is 0 Å². The number of aromatic amines is 1. The summed E-state index contributed by atoms with van der Waals surface area (Å²) in [6, 6.07) is 0. The molecule has 0 bridgehead atoms. The molecule has 0 aliphatic heterocycles. The van der Waals surface area contributed by atoms with Gasteiger partial charge in [-0.05, 0) is 13.3 Å². The van der Waals surface area contributed by atoms with Gasteiger partial charge in [-0.1, -0.05) is 20.8 Å². The summed E-state index contributed by atoms with van der Waals surface area (Å²) in [6.07, 6.45) is 0.953. The van der Waals surface area contributed by atoms with Gasteiger partial charge in [-0.25, -0.2) is 4.98 Å². The molecule has 0 aliphatic carbocycles. The fraction of sp³-hybridized carbons (Fsp3) is 0.636. The molecule has 4 nitrogen and oxygen atoms in total. The predicted molar refractivity (Wildman–Crippen MR) is 58.0 cm³/mol. The minimum Gasteiger partial charge on any atom is -0.481 e. The van der Waals surface area contributed by atoms with Crippen molar-refractivity contribution in [3.63, 3.8) is 0 Å². The number of carboxylic acid groups (broad SMARTS) is 1. The Bertz CT molecular complexity index is 367. The highest BCUT2D eigenvalue weighted by atomic mass is 16.4. The van der Waals surface area contributed by atoms with Gasteiger partial charge in [-0.3, -0.25) is 4.79 Å². The van der Waals surface area contributed by atoms with Gasteiger partial charge < -0.3 is 10.1 Å². The molecule has 0 aromatic carbocycles.